The van der Waals surface area contributed by atoms with Crippen LogP contribution in [0, 0.1) is 0 Å². The first-order valence-electron chi connectivity index (χ1n) is 17.8. The second kappa shape index (κ2) is 14.7. The van der Waals surface area contributed by atoms with Crippen molar-refractivity contribution in [1.82, 2.24) is 9.97 Å². The van der Waals surface area contributed by atoms with Gasteiger partial charge < -0.3 is 18.6 Å². The van der Waals surface area contributed by atoms with Crippen molar-refractivity contribution in [3.8, 4) is 0 Å². The highest BCUT2D eigenvalue weighted by atomic mass is 16.4. The maximum atomic E-state index is 6.09. The highest BCUT2D eigenvalue weighted by Gasteiger charge is 2.14. The molecule has 0 aliphatic carbocycles. The van der Waals surface area contributed by atoms with Gasteiger partial charge in [0, 0.05) is 52.3 Å². The molecule has 6 heteroatoms. The summed E-state index contributed by atoms with van der Waals surface area (Å²) in [5.74, 6) is 1.03. The van der Waals surface area contributed by atoms with E-state index in [-0.39, 0.29) is 0 Å². The van der Waals surface area contributed by atoms with E-state index in [1.165, 1.54) is 0 Å². The SMILES string of the molecule is C(=Cc1nc2cc3nc(C=Cc4ccc(N(c5ccccc5)c5ccccc5)cc4)oc3cc2o1)c1ccc(N(c2ccccc2)c2ccccc2)cc1. The number of anilines is 6. The average Bonchev–Trinajstić information content (AvgIpc) is 3.83. The Balaban J connectivity index is 0.898. The minimum absolute atomic E-state index is 0.513. The molecule has 9 rings (SSSR count). The Morgan fingerprint density at radius 3 is 0.981 bits per heavy atom. The van der Waals surface area contributed by atoms with Crippen molar-refractivity contribution in [2.45, 2.75) is 0 Å². The summed E-state index contributed by atoms with van der Waals surface area (Å²) in [6.07, 6.45) is 7.77. The van der Waals surface area contributed by atoms with E-state index >= 15 is 0 Å². The van der Waals surface area contributed by atoms with E-state index in [0.717, 1.165) is 56.3 Å². The Hall–Kier alpha value is -7.44. The van der Waals surface area contributed by atoms with Crippen LogP contribution in [0.2, 0.25) is 0 Å². The van der Waals surface area contributed by atoms with Gasteiger partial charge in [-0.3, -0.25) is 0 Å². The lowest BCUT2D eigenvalue weighted by Crippen LogP contribution is -2.09. The van der Waals surface area contributed by atoms with Crippen molar-refractivity contribution < 1.29 is 8.83 Å². The van der Waals surface area contributed by atoms with Gasteiger partial charge in [0.15, 0.2) is 11.2 Å². The molecule has 6 nitrogen and oxygen atoms in total. The van der Waals surface area contributed by atoms with Crippen LogP contribution >= 0.6 is 0 Å². The summed E-state index contributed by atoms with van der Waals surface area (Å²) in [5.41, 5.74) is 11.3. The third-order valence-corrected chi connectivity index (χ3v) is 9.13. The van der Waals surface area contributed by atoms with Crippen LogP contribution in [-0.4, -0.2) is 9.97 Å². The van der Waals surface area contributed by atoms with E-state index in [1.54, 1.807) is 0 Å². The van der Waals surface area contributed by atoms with Crippen molar-refractivity contribution in [1.29, 1.82) is 0 Å². The summed E-state index contributed by atoms with van der Waals surface area (Å²) in [6, 6.07) is 62.1. The van der Waals surface area contributed by atoms with Crippen LogP contribution < -0.4 is 9.80 Å². The van der Waals surface area contributed by atoms with E-state index in [1.807, 2.05) is 60.7 Å². The molecule has 0 saturated carbocycles. The zero-order valence-electron chi connectivity index (χ0n) is 29.2. The Morgan fingerprint density at radius 1 is 0.333 bits per heavy atom. The lowest BCUT2D eigenvalue weighted by atomic mass is 10.1. The molecule has 2 aromatic heterocycles. The second-order valence-corrected chi connectivity index (χ2v) is 12.8. The van der Waals surface area contributed by atoms with Gasteiger partial charge >= 0.3 is 0 Å². The Labute approximate surface area is 313 Å². The first-order valence-corrected chi connectivity index (χ1v) is 17.8. The van der Waals surface area contributed by atoms with Crippen molar-refractivity contribution >= 4 is 80.6 Å². The zero-order chi connectivity index (χ0) is 36.1. The van der Waals surface area contributed by atoms with Gasteiger partial charge in [0.2, 0.25) is 11.8 Å². The zero-order valence-corrected chi connectivity index (χ0v) is 29.2. The van der Waals surface area contributed by atoms with E-state index in [4.69, 9.17) is 18.8 Å². The molecule has 0 aliphatic heterocycles. The van der Waals surface area contributed by atoms with Gasteiger partial charge in [-0.2, -0.15) is 0 Å². The van der Waals surface area contributed by atoms with E-state index in [0.29, 0.717) is 22.9 Å². The van der Waals surface area contributed by atoms with Crippen LogP contribution in [0.5, 0.6) is 0 Å². The smallest absolute Gasteiger partial charge is 0.220 e. The molecule has 0 radical (unpaired) electrons. The first kappa shape index (κ1) is 32.5. The number of fused-ring (bicyclic) bond motifs is 2. The summed E-state index contributed by atoms with van der Waals surface area (Å²) >= 11 is 0. The van der Waals surface area contributed by atoms with Gasteiger partial charge in [-0.15, -0.1) is 0 Å². The van der Waals surface area contributed by atoms with Crippen LogP contribution in [0.3, 0.4) is 0 Å². The predicted molar refractivity (Wildman–Crippen MR) is 222 cm³/mol. The summed E-state index contributed by atoms with van der Waals surface area (Å²) in [6.45, 7) is 0. The van der Waals surface area contributed by atoms with Crippen LogP contribution in [0.25, 0.3) is 46.5 Å². The summed E-state index contributed by atoms with van der Waals surface area (Å²) in [7, 11) is 0. The molecular formula is C48H34N4O2. The number of benzene rings is 7. The monoisotopic (exact) mass is 698 g/mol. The number of nitrogens with zero attached hydrogens (tertiary/aromatic N) is 4. The van der Waals surface area contributed by atoms with Crippen LogP contribution in [0.1, 0.15) is 22.9 Å². The normalized spacial score (nSPS) is 11.6. The van der Waals surface area contributed by atoms with E-state index in [2.05, 4.69) is 155 Å². The fraction of sp³-hybridized carbons (Fsp3) is 0. The predicted octanol–water partition coefficient (Wildman–Crippen LogP) is 13.2. The molecule has 0 N–H and O–H groups in total. The third kappa shape index (κ3) is 6.92. The summed E-state index contributed by atoms with van der Waals surface area (Å²) in [5, 5.41) is 0. The van der Waals surface area contributed by atoms with Gasteiger partial charge in [0.25, 0.3) is 0 Å². The highest BCUT2D eigenvalue weighted by Crippen LogP contribution is 2.36. The molecule has 9 aromatic rings. The molecule has 0 atom stereocenters. The molecule has 0 saturated heterocycles. The fourth-order valence-electron chi connectivity index (χ4n) is 6.53. The number of oxazole rings is 2. The van der Waals surface area contributed by atoms with Crippen LogP contribution in [0.15, 0.2) is 191 Å². The molecule has 258 valence electrons. The number of rotatable bonds is 10. The number of aromatic nitrogens is 2. The summed E-state index contributed by atoms with van der Waals surface area (Å²) < 4.78 is 12.2. The minimum Gasteiger partial charge on any atom is -0.437 e. The van der Waals surface area contributed by atoms with Crippen molar-refractivity contribution in [2.24, 2.45) is 0 Å². The molecule has 0 amide bonds. The Kier molecular flexibility index (Phi) is 8.81. The van der Waals surface area contributed by atoms with Crippen molar-refractivity contribution in [3.05, 3.63) is 205 Å². The Bertz CT molecular complexity index is 2370. The maximum Gasteiger partial charge on any atom is 0.220 e. The van der Waals surface area contributed by atoms with Gasteiger partial charge in [-0.05, 0) is 102 Å². The molecular weight excluding hydrogens is 665 g/mol. The number of hydrogen-bond donors (Lipinski definition) is 0. The second-order valence-electron chi connectivity index (χ2n) is 12.8. The topological polar surface area (TPSA) is 58.5 Å². The molecule has 0 aliphatic rings. The standard InChI is InChI=1S/C48H34N4O2/c1-5-13-37(14-6-1)51(38-15-7-2-8-16-38)41-27-21-35(22-28-41)25-31-47-49-43-33-44-46(34-45(43)53-47)54-48(50-44)32-26-36-23-29-42(30-24-36)52(39-17-9-3-10-18-39)40-19-11-4-12-20-40/h1-34H. The van der Waals surface area contributed by atoms with Gasteiger partial charge in [-0.1, -0.05) is 97.1 Å². The lowest BCUT2D eigenvalue weighted by molar-refractivity contribution is 0.580. The average molecular weight is 699 g/mol. The molecule has 0 spiro atoms. The van der Waals surface area contributed by atoms with Gasteiger partial charge in [0.05, 0.1) is 0 Å². The first-order chi connectivity index (χ1) is 26.7. The maximum absolute atomic E-state index is 6.09. The number of para-hydroxylation sites is 4. The fourth-order valence-corrected chi connectivity index (χ4v) is 6.53. The van der Waals surface area contributed by atoms with E-state index in [9.17, 15) is 0 Å². The molecule has 2 heterocycles. The quantitative estimate of drug-likeness (QED) is 0.142. The van der Waals surface area contributed by atoms with Crippen molar-refractivity contribution in [3.63, 3.8) is 0 Å². The minimum atomic E-state index is 0.513. The summed E-state index contributed by atoms with van der Waals surface area (Å²) in [4.78, 5) is 13.9. The van der Waals surface area contributed by atoms with Crippen LogP contribution in [-0.2, 0) is 0 Å². The van der Waals surface area contributed by atoms with Crippen molar-refractivity contribution in [2.75, 3.05) is 9.80 Å². The van der Waals surface area contributed by atoms with Gasteiger partial charge in [0.1, 0.15) is 11.0 Å². The molecule has 0 fully saturated rings. The highest BCUT2D eigenvalue weighted by molar-refractivity contribution is 5.90. The molecule has 7 aromatic carbocycles. The Morgan fingerprint density at radius 2 is 0.648 bits per heavy atom. The number of hydrogen-bond acceptors (Lipinski definition) is 6. The third-order valence-electron chi connectivity index (χ3n) is 9.13. The van der Waals surface area contributed by atoms with Gasteiger partial charge in [-0.25, -0.2) is 9.97 Å². The molecule has 0 bridgehead atoms. The largest absolute Gasteiger partial charge is 0.437 e. The van der Waals surface area contributed by atoms with Crippen LogP contribution in [0.4, 0.5) is 34.1 Å². The molecule has 54 heavy (non-hydrogen) atoms. The lowest BCUT2D eigenvalue weighted by Gasteiger charge is -2.25. The van der Waals surface area contributed by atoms with E-state index < -0.39 is 0 Å². The molecule has 0 unspecified atom stereocenters.